The van der Waals surface area contributed by atoms with Gasteiger partial charge in [0, 0.05) is 18.8 Å². The number of allylic oxidation sites excluding steroid dienone is 1. The predicted octanol–water partition coefficient (Wildman–Crippen LogP) is 0.801. The van der Waals surface area contributed by atoms with Crippen LogP contribution < -0.4 is 5.73 Å². The van der Waals surface area contributed by atoms with Crippen molar-refractivity contribution in [3.8, 4) is 0 Å². The number of likely N-dealkylation sites (tertiary alicyclic amines) is 1. The molecule has 0 radical (unpaired) electrons. The Hall–Kier alpha value is -0.500. The lowest BCUT2D eigenvalue weighted by Gasteiger charge is -2.17. The van der Waals surface area contributed by atoms with Gasteiger partial charge in [0.05, 0.1) is 0 Å². The van der Waals surface area contributed by atoms with E-state index < -0.39 is 0 Å². The average molecular weight is 140 g/mol. The smallest absolute Gasteiger partial charge is 0.0215 e. The molecule has 1 heterocycles. The molecule has 1 rings (SSSR count). The van der Waals surface area contributed by atoms with Crippen molar-refractivity contribution in [2.24, 2.45) is 11.7 Å². The zero-order valence-electron chi connectivity index (χ0n) is 6.64. The van der Waals surface area contributed by atoms with Crippen LogP contribution in [0.2, 0.25) is 0 Å². The zero-order valence-corrected chi connectivity index (χ0v) is 6.64. The van der Waals surface area contributed by atoms with Crippen molar-refractivity contribution in [2.45, 2.75) is 13.3 Å². The highest BCUT2D eigenvalue weighted by molar-refractivity contribution is 4.93. The maximum atomic E-state index is 5.54. The van der Waals surface area contributed by atoms with E-state index in [0.29, 0.717) is 5.92 Å². The minimum Gasteiger partial charge on any atom is -0.375 e. The van der Waals surface area contributed by atoms with Gasteiger partial charge in [-0.1, -0.05) is 6.58 Å². The maximum Gasteiger partial charge on any atom is 0.0215 e. The predicted molar refractivity (Wildman–Crippen MR) is 43.5 cm³/mol. The van der Waals surface area contributed by atoms with Crippen LogP contribution in [0.4, 0.5) is 0 Å². The van der Waals surface area contributed by atoms with Crippen molar-refractivity contribution in [2.75, 3.05) is 19.6 Å². The Balaban J connectivity index is 2.35. The van der Waals surface area contributed by atoms with E-state index in [1.54, 1.807) is 0 Å². The monoisotopic (exact) mass is 140 g/mol. The summed E-state index contributed by atoms with van der Waals surface area (Å²) >= 11 is 0. The van der Waals surface area contributed by atoms with Crippen molar-refractivity contribution in [3.63, 3.8) is 0 Å². The number of hydrogen-bond donors (Lipinski definition) is 1. The van der Waals surface area contributed by atoms with E-state index in [9.17, 15) is 0 Å². The van der Waals surface area contributed by atoms with Gasteiger partial charge >= 0.3 is 0 Å². The topological polar surface area (TPSA) is 29.3 Å². The molecule has 10 heavy (non-hydrogen) atoms. The SMILES string of the molecule is C=C(C)N1CCC(CN)C1. The second-order valence-corrected chi connectivity index (χ2v) is 3.07. The lowest BCUT2D eigenvalue weighted by atomic mass is 10.1. The molecule has 0 aromatic carbocycles. The first kappa shape index (κ1) is 7.61. The summed E-state index contributed by atoms with van der Waals surface area (Å²) in [5, 5.41) is 0. The van der Waals surface area contributed by atoms with Crippen LogP contribution >= 0.6 is 0 Å². The highest BCUT2D eigenvalue weighted by Crippen LogP contribution is 2.17. The largest absolute Gasteiger partial charge is 0.375 e. The van der Waals surface area contributed by atoms with Gasteiger partial charge in [-0.2, -0.15) is 0 Å². The molecule has 1 aliphatic rings. The van der Waals surface area contributed by atoms with Crippen LogP contribution in [0.1, 0.15) is 13.3 Å². The second-order valence-electron chi connectivity index (χ2n) is 3.07. The number of nitrogens with two attached hydrogens (primary N) is 1. The highest BCUT2D eigenvalue weighted by Gasteiger charge is 2.19. The molecule has 1 saturated heterocycles. The van der Waals surface area contributed by atoms with E-state index in [0.717, 1.165) is 19.6 Å². The fraction of sp³-hybridized carbons (Fsp3) is 0.750. The van der Waals surface area contributed by atoms with Gasteiger partial charge in [-0.15, -0.1) is 0 Å². The van der Waals surface area contributed by atoms with Crippen LogP contribution in [-0.4, -0.2) is 24.5 Å². The second kappa shape index (κ2) is 3.06. The van der Waals surface area contributed by atoms with E-state index in [1.807, 2.05) is 0 Å². The van der Waals surface area contributed by atoms with E-state index in [1.165, 1.54) is 12.1 Å². The minimum atomic E-state index is 0.705. The summed E-state index contributed by atoms with van der Waals surface area (Å²) in [7, 11) is 0. The summed E-state index contributed by atoms with van der Waals surface area (Å²) in [6.45, 7) is 9.04. The first-order valence-electron chi connectivity index (χ1n) is 3.84. The summed E-state index contributed by atoms with van der Waals surface area (Å²) in [6.07, 6.45) is 1.24. The molecule has 0 aromatic heterocycles. The van der Waals surface area contributed by atoms with Crippen LogP contribution in [0.3, 0.4) is 0 Å². The summed E-state index contributed by atoms with van der Waals surface area (Å²) in [6, 6.07) is 0. The van der Waals surface area contributed by atoms with Crippen molar-refractivity contribution in [1.29, 1.82) is 0 Å². The van der Waals surface area contributed by atoms with Gasteiger partial charge in [-0.05, 0) is 25.8 Å². The molecular formula is C8H16N2. The molecule has 2 N–H and O–H groups in total. The Kier molecular flexibility index (Phi) is 2.33. The lowest BCUT2D eigenvalue weighted by molar-refractivity contribution is 0.408. The molecule has 2 heteroatoms. The highest BCUT2D eigenvalue weighted by atomic mass is 15.2. The molecule has 58 valence electrons. The average Bonchev–Trinajstić information content (AvgIpc) is 2.34. The summed E-state index contributed by atoms with van der Waals surface area (Å²) in [4.78, 5) is 2.30. The fourth-order valence-corrected chi connectivity index (χ4v) is 1.37. The van der Waals surface area contributed by atoms with Gasteiger partial charge in [-0.25, -0.2) is 0 Å². The van der Waals surface area contributed by atoms with Gasteiger partial charge in [0.2, 0.25) is 0 Å². The van der Waals surface area contributed by atoms with E-state index in [4.69, 9.17) is 5.73 Å². The molecule has 0 aromatic rings. The van der Waals surface area contributed by atoms with Crippen molar-refractivity contribution < 1.29 is 0 Å². The third kappa shape index (κ3) is 1.51. The normalized spacial score (nSPS) is 25.4. The van der Waals surface area contributed by atoms with Gasteiger partial charge < -0.3 is 10.6 Å². The number of rotatable bonds is 2. The van der Waals surface area contributed by atoms with E-state index >= 15 is 0 Å². The Morgan fingerprint density at radius 1 is 1.80 bits per heavy atom. The van der Waals surface area contributed by atoms with Crippen LogP contribution in [0.25, 0.3) is 0 Å². The van der Waals surface area contributed by atoms with Crippen LogP contribution in [-0.2, 0) is 0 Å². The van der Waals surface area contributed by atoms with Crippen LogP contribution in [0.15, 0.2) is 12.3 Å². The van der Waals surface area contributed by atoms with Crippen LogP contribution in [0.5, 0.6) is 0 Å². The molecule has 0 amide bonds. The molecule has 2 nitrogen and oxygen atoms in total. The summed E-state index contributed by atoms with van der Waals surface area (Å²) < 4.78 is 0. The summed E-state index contributed by atoms with van der Waals surface area (Å²) in [5.41, 5.74) is 6.72. The molecule has 0 aliphatic carbocycles. The van der Waals surface area contributed by atoms with E-state index in [-0.39, 0.29) is 0 Å². The molecule has 1 unspecified atom stereocenters. The standard InChI is InChI=1S/C8H16N2/c1-7(2)10-4-3-8(5-9)6-10/h8H,1,3-6,9H2,2H3. The first-order valence-corrected chi connectivity index (χ1v) is 3.84. The fourth-order valence-electron chi connectivity index (χ4n) is 1.37. The van der Waals surface area contributed by atoms with E-state index in [2.05, 4.69) is 18.4 Å². The molecular weight excluding hydrogens is 124 g/mol. The van der Waals surface area contributed by atoms with Crippen LogP contribution in [0, 0.1) is 5.92 Å². The van der Waals surface area contributed by atoms with Gasteiger partial charge in [0.1, 0.15) is 0 Å². The molecule has 0 saturated carbocycles. The zero-order chi connectivity index (χ0) is 7.56. The third-order valence-electron chi connectivity index (χ3n) is 2.16. The Bertz CT molecular complexity index is 131. The van der Waals surface area contributed by atoms with Crippen molar-refractivity contribution in [3.05, 3.63) is 12.3 Å². The number of hydrogen-bond acceptors (Lipinski definition) is 2. The minimum absolute atomic E-state index is 0.705. The Labute approximate surface area is 62.7 Å². The third-order valence-corrected chi connectivity index (χ3v) is 2.16. The lowest BCUT2D eigenvalue weighted by Crippen LogP contribution is -2.20. The summed E-state index contributed by atoms with van der Waals surface area (Å²) in [5.74, 6) is 0.705. The first-order chi connectivity index (χ1) is 4.74. The van der Waals surface area contributed by atoms with Gasteiger partial charge in [0.25, 0.3) is 0 Å². The molecule has 1 atom stereocenters. The Morgan fingerprint density at radius 3 is 2.80 bits per heavy atom. The maximum absolute atomic E-state index is 5.54. The molecule has 0 bridgehead atoms. The van der Waals surface area contributed by atoms with Gasteiger partial charge in [-0.3, -0.25) is 0 Å². The Morgan fingerprint density at radius 2 is 2.50 bits per heavy atom. The van der Waals surface area contributed by atoms with Gasteiger partial charge in [0.15, 0.2) is 0 Å². The quantitative estimate of drug-likeness (QED) is 0.614. The molecule has 0 spiro atoms. The number of nitrogens with zero attached hydrogens (tertiary/aromatic N) is 1. The van der Waals surface area contributed by atoms with Crippen molar-refractivity contribution >= 4 is 0 Å². The van der Waals surface area contributed by atoms with Crippen molar-refractivity contribution in [1.82, 2.24) is 4.90 Å². The molecule has 1 fully saturated rings. The molecule has 1 aliphatic heterocycles.